The van der Waals surface area contributed by atoms with E-state index in [1.165, 1.54) is 44.9 Å². The summed E-state index contributed by atoms with van der Waals surface area (Å²) in [6, 6.07) is 0. The van der Waals surface area contributed by atoms with Gasteiger partial charge >= 0.3 is 5.97 Å². The zero-order valence-corrected chi connectivity index (χ0v) is 12.3. The van der Waals surface area contributed by atoms with Crippen LogP contribution in [0.5, 0.6) is 0 Å². The monoisotopic (exact) mass is 272 g/mol. The SMILES string of the molecule is CC/C=C\CCCCCCCCCCOC(=O)CF. The van der Waals surface area contributed by atoms with Crippen LogP contribution in [-0.4, -0.2) is 19.3 Å². The van der Waals surface area contributed by atoms with Gasteiger partial charge in [0.15, 0.2) is 6.67 Å². The average Bonchev–Trinajstić information content (AvgIpc) is 2.43. The molecule has 0 aromatic rings. The summed E-state index contributed by atoms with van der Waals surface area (Å²) >= 11 is 0. The van der Waals surface area contributed by atoms with Crippen LogP contribution in [0.1, 0.15) is 71.1 Å². The van der Waals surface area contributed by atoms with Gasteiger partial charge in [-0.05, 0) is 25.7 Å². The van der Waals surface area contributed by atoms with Crippen LogP contribution >= 0.6 is 0 Å². The van der Waals surface area contributed by atoms with Gasteiger partial charge in [-0.15, -0.1) is 0 Å². The molecule has 0 aromatic heterocycles. The second kappa shape index (κ2) is 15.2. The third-order valence-electron chi connectivity index (χ3n) is 3.04. The van der Waals surface area contributed by atoms with Crippen molar-refractivity contribution in [1.29, 1.82) is 0 Å². The summed E-state index contributed by atoms with van der Waals surface area (Å²) in [4.78, 5) is 10.5. The Morgan fingerprint density at radius 1 is 0.947 bits per heavy atom. The van der Waals surface area contributed by atoms with Crippen LogP contribution in [-0.2, 0) is 9.53 Å². The molecule has 0 spiro atoms. The number of esters is 1. The number of hydrogen-bond acceptors (Lipinski definition) is 2. The number of ether oxygens (including phenoxy) is 1. The molecule has 0 saturated carbocycles. The molecule has 0 atom stereocenters. The number of rotatable bonds is 13. The van der Waals surface area contributed by atoms with E-state index in [2.05, 4.69) is 23.8 Å². The van der Waals surface area contributed by atoms with Gasteiger partial charge < -0.3 is 4.74 Å². The van der Waals surface area contributed by atoms with Crippen molar-refractivity contribution in [3.8, 4) is 0 Å². The minimum absolute atomic E-state index is 0.368. The second-order valence-corrected chi connectivity index (χ2v) is 4.85. The van der Waals surface area contributed by atoms with Gasteiger partial charge in [-0.3, -0.25) is 0 Å². The van der Waals surface area contributed by atoms with E-state index in [9.17, 15) is 9.18 Å². The average molecular weight is 272 g/mol. The van der Waals surface area contributed by atoms with Crippen LogP contribution in [0.3, 0.4) is 0 Å². The molecule has 19 heavy (non-hydrogen) atoms. The van der Waals surface area contributed by atoms with Gasteiger partial charge in [-0.25, -0.2) is 9.18 Å². The molecular weight excluding hydrogens is 243 g/mol. The highest BCUT2D eigenvalue weighted by molar-refractivity contribution is 5.70. The molecule has 2 nitrogen and oxygen atoms in total. The highest BCUT2D eigenvalue weighted by Crippen LogP contribution is 2.10. The predicted molar refractivity (Wildman–Crippen MR) is 77.9 cm³/mol. The lowest BCUT2D eigenvalue weighted by Crippen LogP contribution is -2.07. The molecule has 0 bridgehead atoms. The van der Waals surface area contributed by atoms with Crippen LogP contribution in [0.15, 0.2) is 12.2 Å². The van der Waals surface area contributed by atoms with Crippen molar-refractivity contribution in [3.05, 3.63) is 12.2 Å². The van der Waals surface area contributed by atoms with Crippen molar-refractivity contribution in [1.82, 2.24) is 0 Å². The lowest BCUT2D eigenvalue weighted by molar-refractivity contribution is -0.144. The normalized spacial score (nSPS) is 11.1. The van der Waals surface area contributed by atoms with Gasteiger partial charge in [0.05, 0.1) is 6.61 Å². The Morgan fingerprint density at radius 3 is 2.11 bits per heavy atom. The van der Waals surface area contributed by atoms with Crippen LogP contribution in [0.2, 0.25) is 0 Å². The summed E-state index contributed by atoms with van der Waals surface area (Å²) in [6.45, 7) is 1.52. The van der Waals surface area contributed by atoms with Crippen molar-refractivity contribution in [2.75, 3.05) is 13.3 Å². The summed E-state index contributed by atoms with van der Waals surface area (Å²) in [5.41, 5.74) is 0. The van der Waals surface area contributed by atoms with Gasteiger partial charge in [0.1, 0.15) is 0 Å². The van der Waals surface area contributed by atoms with Gasteiger partial charge in [0, 0.05) is 0 Å². The molecule has 112 valence electrons. The van der Waals surface area contributed by atoms with Crippen LogP contribution in [0.25, 0.3) is 0 Å². The molecule has 0 saturated heterocycles. The van der Waals surface area contributed by atoms with Crippen LogP contribution in [0, 0.1) is 0 Å². The molecule has 0 aliphatic heterocycles. The molecule has 0 heterocycles. The maximum Gasteiger partial charge on any atom is 0.337 e. The van der Waals surface area contributed by atoms with E-state index in [1.807, 2.05) is 0 Å². The molecule has 0 aliphatic rings. The van der Waals surface area contributed by atoms with Gasteiger partial charge in [0.25, 0.3) is 0 Å². The molecule has 0 rings (SSSR count). The molecule has 0 N–H and O–H groups in total. The highest BCUT2D eigenvalue weighted by atomic mass is 19.1. The van der Waals surface area contributed by atoms with Crippen molar-refractivity contribution in [2.45, 2.75) is 71.1 Å². The quantitative estimate of drug-likeness (QED) is 0.268. The molecule has 0 fully saturated rings. The third-order valence-corrected chi connectivity index (χ3v) is 3.04. The first kappa shape index (κ1) is 18.1. The first-order chi connectivity index (χ1) is 9.31. The zero-order chi connectivity index (χ0) is 14.2. The first-order valence-electron chi connectivity index (χ1n) is 7.67. The van der Waals surface area contributed by atoms with Crippen molar-refractivity contribution in [2.24, 2.45) is 0 Å². The van der Waals surface area contributed by atoms with Crippen LogP contribution < -0.4 is 0 Å². The van der Waals surface area contributed by atoms with Crippen molar-refractivity contribution >= 4 is 5.97 Å². The number of carbonyl (C=O) groups is 1. The zero-order valence-electron chi connectivity index (χ0n) is 12.3. The molecule has 0 amide bonds. The lowest BCUT2D eigenvalue weighted by Gasteiger charge is -2.03. The summed E-state index contributed by atoms with van der Waals surface area (Å²) in [6.07, 6.45) is 16.5. The molecule has 3 heteroatoms. The highest BCUT2D eigenvalue weighted by Gasteiger charge is 1.99. The minimum Gasteiger partial charge on any atom is -0.464 e. The molecular formula is C16H29FO2. The van der Waals surface area contributed by atoms with E-state index >= 15 is 0 Å². The van der Waals surface area contributed by atoms with E-state index in [4.69, 9.17) is 0 Å². The fraction of sp³-hybridized carbons (Fsp3) is 0.812. The fourth-order valence-electron chi connectivity index (χ4n) is 1.93. The summed E-state index contributed by atoms with van der Waals surface area (Å²) < 4.78 is 16.4. The van der Waals surface area contributed by atoms with Crippen molar-refractivity contribution in [3.63, 3.8) is 0 Å². The predicted octanol–water partition coefficient (Wildman–Crippen LogP) is 4.98. The summed E-state index contributed by atoms with van der Waals surface area (Å²) in [5.74, 6) is -0.739. The molecule has 0 unspecified atom stereocenters. The molecule has 0 radical (unpaired) electrons. The third kappa shape index (κ3) is 15.1. The molecule has 0 aromatic carbocycles. The van der Waals surface area contributed by atoms with E-state index in [0.29, 0.717) is 6.61 Å². The Kier molecular flexibility index (Phi) is 14.5. The van der Waals surface area contributed by atoms with E-state index in [0.717, 1.165) is 19.3 Å². The van der Waals surface area contributed by atoms with Gasteiger partial charge in [0.2, 0.25) is 0 Å². The fourth-order valence-corrected chi connectivity index (χ4v) is 1.93. The Hall–Kier alpha value is -0.860. The Bertz CT molecular complexity index is 227. The summed E-state index contributed by atoms with van der Waals surface area (Å²) in [7, 11) is 0. The van der Waals surface area contributed by atoms with Gasteiger partial charge in [-0.1, -0.05) is 57.6 Å². The standard InChI is InChI=1S/C16H29FO2/c1-2-3-4-5-6-7-8-9-10-11-12-13-14-19-16(18)15-17/h3-4H,2,5-15H2,1H3/b4-3-. The minimum atomic E-state index is -1.01. The second-order valence-electron chi connectivity index (χ2n) is 4.85. The Labute approximate surface area is 117 Å². The van der Waals surface area contributed by atoms with E-state index < -0.39 is 12.6 Å². The smallest absolute Gasteiger partial charge is 0.337 e. The number of unbranched alkanes of at least 4 members (excludes halogenated alkanes) is 8. The first-order valence-corrected chi connectivity index (χ1v) is 7.67. The van der Waals surface area contributed by atoms with Gasteiger partial charge in [-0.2, -0.15) is 0 Å². The number of hydrogen-bond donors (Lipinski definition) is 0. The molecule has 0 aliphatic carbocycles. The number of allylic oxidation sites excluding steroid dienone is 2. The summed E-state index contributed by atoms with van der Waals surface area (Å²) in [5, 5.41) is 0. The Balaban J connectivity index is 3.03. The lowest BCUT2D eigenvalue weighted by atomic mass is 10.1. The van der Waals surface area contributed by atoms with E-state index in [-0.39, 0.29) is 0 Å². The number of carbonyl (C=O) groups excluding carboxylic acids is 1. The number of halogens is 1. The number of alkyl halides is 1. The maximum atomic E-state index is 11.8. The topological polar surface area (TPSA) is 26.3 Å². The van der Waals surface area contributed by atoms with Crippen LogP contribution in [0.4, 0.5) is 4.39 Å². The van der Waals surface area contributed by atoms with Crippen molar-refractivity contribution < 1.29 is 13.9 Å². The largest absolute Gasteiger partial charge is 0.464 e. The Morgan fingerprint density at radius 2 is 1.53 bits per heavy atom. The maximum absolute atomic E-state index is 11.8. The van der Waals surface area contributed by atoms with E-state index in [1.54, 1.807) is 0 Å².